The van der Waals surface area contributed by atoms with Crippen LogP contribution >= 0.6 is 0 Å². The standard InChI is InChI=1S/C29H18/c1-2-8-21-18(7-1)13-14-19-17-20-15-16-26-24-11-4-3-9-22(24)23-10-5-6-12-25(23)29(26)28(20)27(19)21/h1-16H,17H2. The molecule has 0 saturated heterocycles. The van der Waals surface area contributed by atoms with Crippen LogP contribution in [0.25, 0.3) is 54.2 Å². The van der Waals surface area contributed by atoms with Crippen molar-refractivity contribution >= 4 is 43.1 Å². The summed E-state index contributed by atoms with van der Waals surface area (Å²) in [4.78, 5) is 0. The van der Waals surface area contributed by atoms with Gasteiger partial charge in [-0.15, -0.1) is 0 Å². The molecule has 0 bridgehead atoms. The first-order valence-corrected chi connectivity index (χ1v) is 10.3. The Kier molecular flexibility index (Phi) is 2.88. The van der Waals surface area contributed by atoms with Gasteiger partial charge in [-0.25, -0.2) is 0 Å². The highest BCUT2D eigenvalue weighted by molar-refractivity contribution is 6.30. The van der Waals surface area contributed by atoms with Gasteiger partial charge in [0.05, 0.1) is 0 Å². The van der Waals surface area contributed by atoms with E-state index in [1.54, 1.807) is 0 Å². The summed E-state index contributed by atoms with van der Waals surface area (Å²) in [5.41, 5.74) is 5.77. The molecule has 0 radical (unpaired) electrons. The third kappa shape index (κ3) is 1.93. The van der Waals surface area contributed by atoms with Crippen LogP contribution in [-0.2, 0) is 6.42 Å². The van der Waals surface area contributed by atoms with Crippen molar-refractivity contribution in [1.29, 1.82) is 0 Å². The second kappa shape index (κ2) is 5.46. The highest BCUT2D eigenvalue weighted by Gasteiger charge is 2.24. The molecule has 6 aromatic rings. The second-order valence-corrected chi connectivity index (χ2v) is 8.11. The van der Waals surface area contributed by atoms with Crippen LogP contribution in [0.5, 0.6) is 0 Å². The smallest absolute Gasteiger partial charge is 0.00130 e. The normalized spacial score (nSPS) is 12.7. The van der Waals surface area contributed by atoms with E-state index in [1.807, 2.05) is 0 Å². The predicted octanol–water partition coefficient (Wildman–Crippen LogP) is 7.87. The average molecular weight is 366 g/mol. The summed E-state index contributed by atoms with van der Waals surface area (Å²) in [6.45, 7) is 0. The molecule has 0 aromatic heterocycles. The van der Waals surface area contributed by atoms with Crippen LogP contribution in [0.2, 0.25) is 0 Å². The molecule has 0 fully saturated rings. The summed E-state index contributed by atoms with van der Waals surface area (Å²) in [5, 5.41) is 10.8. The molecule has 29 heavy (non-hydrogen) atoms. The van der Waals surface area contributed by atoms with E-state index in [1.165, 1.54) is 65.3 Å². The largest absolute Gasteiger partial charge is 0.0616 e. The number of rotatable bonds is 0. The van der Waals surface area contributed by atoms with Gasteiger partial charge < -0.3 is 0 Å². The Morgan fingerprint density at radius 2 is 0.897 bits per heavy atom. The summed E-state index contributed by atoms with van der Waals surface area (Å²) < 4.78 is 0. The maximum atomic E-state index is 2.35. The molecule has 0 N–H and O–H groups in total. The second-order valence-electron chi connectivity index (χ2n) is 8.11. The number of hydrogen-bond donors (Lipinski definition) is 0. The van der Waals surface area contributed by atoms with Crippen molar-refractivity contribution in [2.45, 2.75) is 6.42 Å². The number of benzene rings is 6. The summed E-state index contributed by atoms with van der Waals surface area (Å²) in [6, 6.07) is 35.9. The minimum absolute atomic E-state index is 1.02. The van der Waals surface area contributed by atoms with E-state index in [9.17, 15) is 0 Å². The van der Waals surface area contributed by atoms with Gasteiger partial charge in [-0.3, -0.25) is 0 Å². The van der Waals surface area contributed by atoms with Crippen molar-refractivity contribution in [3.63, 3.8) is 0 Å². The maximum Gasteiger partial charge on any atom is -0.00130 e. The molecule has 0 unspecified atom stereocenters. The Morgan fingerprint density at radius 1 is 0.379 bits per heavy atom. The van der Waals surface area contributed by atoms with Gasteiger partial charge in [-0.1, -0.05) is 97.1 Å². The molecule has 0 nitrogen and oxygen atoms in total. The molecular weight excluding hydrogens is 348 g/mol. The van der Waals surface area contributed by atoms with Gasteiger partial charge in [0, 0.05) is 0 Å². The monoisotopic (exact) mass is 366 g/mol. The van der Waals surface area contributed by atoms with Crippen LogP contribution in [0, 0.1) is 0 Å². The topological polar surface area (TPSA) is 0 Å². The lowest BCUT2D eigenvalue weighted by Gasteiger charge is -2.15. The van der Waals surface area contributed by atoms with Crippen LogP contribution in [0.15, 0.2) is 97.1 Å². The number of fused-ring (bicyclic) bond motifs is 12. The zero-order chi connectivity index (χ0) is 18.9. The van der Waals surface area contributed by atoms with E-state index in [2.05, 4.69) is 97.1 Å². The highest BCUT2D eigenvalue weighted by atomic mass is 14.3. The van der Waals surface area contributed by atoms with Crippen LogP contribution < -0.4 is 0 Å². The first-order chi connectivity index (χ1) is 14.4. The fourth-order valence-electron chi connectivity index (χ4n) is 5.44. The zero-order valence-electron chi connectivity index (χ0n) is 15.9. The van der Waals surface area contributed by atoms with Crippen LogP contribution in [0.1, 0.15) is 11.1 Å². The van der Waals surface area contributed by atoms with Crippen LogP contribution in [0.4, 0.5) is 0 Å². The van der Waals surface area contributed by atoms with E-state index in [0.717, 1.165) is 6.42 Å². The third-order valence-corrected chi connectivity index (χ3v) is 6.64. The SMILES string of the molecule is c1ccc2c3c(ccc2c1)Cc1ccc2c4ccccc4c4ccccc4c2c1-3. The van der Waals surface area contributed by atoms with E-state index >= 15 is 0 Å². The Labute approximate surface area is 169 Å². The molecule has 0 spiro atoms. The lowest BCUT2D eigenvalue weighted by Crippen LogP contribution is -1.88. The van der Waals surface area contributed by atoms with Crippen LogP contribution in [-0.4, -0.2) is 0 Å². The molecule has 6 aromatic carbocycles. The molecule has 0 saturated carbocycles. The van der Waals surface area contributed by atoms with Gasteiger partial charge in [0.25, 0.3) is 0 Å². The maximum absolute atomic E-state index is 2.35. The first kappa shape index (κ1) is 15.3. The summed E-state index contributed by atoms with van der Waals surface area (Å²) in [6.07, 6.45) is 1.02. The van der Waals surface area contributed by atoms with Crippen molar-refractivity contribution in [1.82, 2.24) is 0 Å². The molecule has 0 atom stereocenters. The fraction of sp³-hybridized carbons (Fsp3) is 0.0345. The van der Waals surface area contributed by atoms with Gasteiger partial charge in [0.2, 0.25) is 0 Å². The van der Waals surface area contributed by atoms with Crippen LogP contribution in [0.3, 0.4) is 0 Å². The molecule has 0 heteroatoms. The molecule has 7 rings (SSSR count). The van der Waals surface area contributed by atoms with Gasteiger partial charge in [-0.2, -0.15) is 0 Å². The molecule has 134 valence electrons. The molecular formula is C29H18. The molecule has 1 aliphatic rings. The van der Waals surface area contributed by atoms with Gasteiger partial charge in [0.1, 0.15) is 0 Å². The minimum Gasteiger partial charge on any atom is -0.0616 e. The fourth-order valence-corrected chi connectivity index (χ4v) is 5.44. The van der Waals surface area contributed by atoms with Crippen molar-refractivity contribution in [3.8, 4) is 11.1 Å². The van der Waals surface area contributed by atoms with Crippen molar-refractivity contribution in [3.05, 3.63) is 108 Å². The van der Waals surface area contributed by atoms with Crippen molar-refractivity contribution in [2.75, 3.05) is 0 Å². The Morgan fingerprint density at radius 3 is 1.66 bits per heavy atom. The predicted molar refractivity (Wildman–Crippen MR) is 125 cm³/mol. The zero-order valence-corrected chi connectivity index (χ0v) is 15.9. The van der Waals surface area contributed by atoms with Gasteiger partial charge >= 0.3 is 0 Å². The molecule has 1 aliphatic carbocycles. The molecule has 0 heterocycles. The minimum atomic E-state index is 1.02. The quantitative estimate of drug-likeness (QED) is 0.240. The van der Waals surface area contributed by atoms with E-state index in [0.29, 0.717) is 0 Å². The van der Waals surface area contributed by atoms with E-state index in [-0.39, 0.29) is 0 Å². The average Bonchev–Trinajstić information content (AvgIpc) is 3.18. The Balaban J connectivity index is 1.79. The van der Waals surface area contributed by atoms with Gasteiger partial charge in [0.15, 0.2) is 0 Å². The molecule has 0 amide bonds. The highest BCUT2D eigenvalue weighted by Crippen LogP contribution is 2.48. The van der Waals surface area contributed by atoms with E-state index in [4.69, 9.17) is 0 Å². The number of hydrogen-bond acceptors (Lipinski definition) is 0. The van der Waals surface area contributed by atoms with Crippen molar-refractivity contribution in [2.24, 2.45) is 0 Å². The third-order valence-electron chi connectivity index (χ3n) is 6.64. The summed E-state index contributed by atoms with van der Waals surface area (Å²) in [7, 11) is 0. The van der Waals surface area contributed by atoms with E-state index < -0.39 is 0 Å². The lowest BCUT2D eigenvalue weighted by molar-refractivity contribution is 1.27. The van der Waals surface area contributed by atoms with Gasteiger partial charge in [-0.05, 0) is 71.8 Å². The summed E-state index contributed by atoms with van der Waals surface area (Å²) in [5.74, 6) is 0. The Hall–Kier alpha value is -3.64. The lowest BCUT2D eigenvalue weighted by atomic mass is 9.88. The summed E-state index contributed by atoms with van der Waals surface area (Å²) >= 11 is 0. The Bertz CT molecular complexity index is 1580. The molecule has 0 aliphatic heterocycles. The first-order valence-electron chi connectivity index (χ1n) is 10.3. The van der Waals surface area contributed by atoms with Crippen molar-refractivity contribution < 1.29 is 0 Å².